The van der Waals surface area contributed by atoms with E-state index in [0.29, 0.717) is 19.4 Å². The van der Waals surface area contributed by atoms with Gasteiger partial charge in [0.1, 0.15) is 23.7 Å². The number of nitrogens with two attached hydrogens (primary N) is 1. The maximum atomic E-state index is 12.4. The fourth-order valence-corrected chi connectivity index (χ4v) is 2.96. The summed E-state index contributed by atoms with van der Waals surface area (Å²) in [5.74, 6) is 0.198. The van der Waals surface area contributed by atoms with Crippen LogP contribution in [0.2, 0.25) is 0 Å². The number of aromatic hydroxyl groups is 1. The van der Waals surface area contributed by atoms with E-state index < -0.39 is 11.6 Å². The zero-order valence-electron chi connectivity index (χ0n) is 12.8. The molecule has 6 heteroatoms. The molecule has 0 aliphatic carbocycles. The highest BCUT2D eigenvalue weighted by Crippen LogP contribution is 2.32. The Morgan fingerprint density at radius 3 is 2.68 bits per heavy atom. The number of nitrogens with zero attached hydrogens (tertiary/aromatic N) is 1. The largest absolute Gasteiger partial charge is 0.508 e. The van der Waals surface area contributed by atoms with Crippen LogP contribution in [0.1, 0.15) is 38.2 Å². The van der Waals surface area contributed by atoms with Gasteiger partial charge < -0.3 is 15.6 Å². The number of nitrogens with one attached hydrogen (secondary N) is 1. The highest BCUT2D eigenvalue weighted by Gasteiger charge is 2.43. The minimum absolute atomic E-state index is 0.0243. The smallest absolute Gasteiger partial charge is 0.410 e. The maximum Gasteiger partial charge on any atom is 0.410 e. The van der Waals surface area contributed by atoms with E-state index in [-0.39, 0.29) is 18.2 Å². The van der Waals surface area contributed by atoms with Gasteiger partial charge in [0.05, 0.1) is 0 Å². The van der Waals surface area contributed by atoms with Gasteiger partial charge in [0.15, 0.2) is 0 Å². The first kappa shape index (κ1) is 16.1. The average Bonchev–Trinajstić information content (AvgIpc) is 2.53. The molecule has 0 spiro atoms. The number of benzene rings is 1. The predicted molar refractivity (Wildman–Crippen MR) is 83.8 cm³/mol. The van der Waals surface area contributed by atoms with Crippen molar-refractivity contribution in [3.63, 3.8) is 0 Å². The number of amidine groups is 1. The normalized spacial score (nSPS) is 21.4. The Kier molecular flexibility index (Phi) is 4.90. The SMILES string of the molecule is CCC1(C(=N)N)CCCCN1C(=O)OCc1ccc(O)cc1. The lowest BCUT2D eigenvalue weighted by molar-refractivity contribution is 0.0485. The Labute approximate surface area is 130 Å². The molecule has 6 nitrogen and oxygen atoms in total. The van der Waals surface area contributed by atoms with Gasteiger partial charge >= 0.3 is 6.09 Å². The van der Waals surface area contributed by atoms with Crippen LogP contribution in [0.25, 0.3) is 0 Å². The van der Waals surface area contributed by atoms with Crippen molar-refractivity contribution in [2.24, 2.45) is 5.73 Å². The van der Waals surface area contributed by atoms with Crippen molar-refractivity contribution < 1.29 is 14.6 Å². The van der Waals surface area contributed by atoms with Gasteiger partial charge in [0.25, 0.3) is 0 Å². The number of phenolic OH excluding ortho intramolecular Hbond substituents is 1. The number of hydrogen-bond donors (Lipinski definition) is 3. The molecule has 1 unspecified atom stereocenters. The van der Waals surface area contributed by atoms with Gasteiger partial charge in [-0.3, -0.25) is 10.3 Å². The third kappa shape index (κ3) is 3.16. The topological polar surface area (TPSA) is 99.6 Å². The molecule has 0 aromatic heterocycles. The average molecular weight is 305 g/mol. The lowest BCUT2D eigenvalue weighted by Gasteiger charge is -2.45. The van der Waals surface area contributed by atoms with Crippen molar-refractivity contribution in [1.29, 1.82) is 5.41 Å². The minimum atomic E-state index is -0.718. The van der Waals surface area contributed by atoms with Crippen molar-refractivity contribution in [3.8, 4) is 5.75 Å². The van der Waals surface area contributed by atoms with E-state index in [1.807, 2.05) is 6.92 Å². The zero-order valence-corrected chi connectivity index (χ0v) is 12.8. The van der Waals surface area contributed by atoms with Crippen LogP contribution in [0.15, 0.2) is 24.3 Å². The Morgan fingerprint density at radius 1 is 1.41 bits per heavy atom. The van der Waals surface area contributed by atoms with E-state index in [1.54, 1.807) is 29.2 Å². The fraction of sp³-hybridized carbons (Fsp3) is 0.500. The van der Waals surface area contributed by atoms with Crippen molar-refractivity contribution in [1.82, 2.24) is 4.90 Å². The third-order valence-electron chi connectivity index (χ3n) is 4.34. The number of rotatable bonds is 4. The summed E-state index contributed by atoms with van der Waals surface area (Å²) < 4.78 is 5.37. The van der Waals surface area contributed by atoms with Crippen LogP contribution in [0.4, 0.5) is 4.79 Å². The van der Waals surface area contributed by atoms with Crippen molar-refractivity contribution in [3.05, 3.63) is 29.8 Å². The third-order valence-corrected chi connectivity index (χ3v) is 4.34. The lowest BCUT2D eigenvalue weighted by Crippen LogP contribution is -2.61. The molecule has 0 saturated carbocycles. The summed E-state index contributed by atoms with van der Waals surface area (Å²) in [6, 6.07) is 6.51. The molecule has 1 aliphatic heterocycles. The van der Waals surface area contributed by atoms with E-state index in [9.17, 15) is 9.90 Å². The molecular weight excluding hydrogens is 282 g/mol. The second-order valence-corrected chi connectivity index (χ2v) is 5.63. The summed E-state index contributed by atoms with van der Waals surface area (Å²) in [5, 5.41) is 17.1. The molecule has 0 bridgehead atoms. The standard InChI is InChI=1S/C16H23N3O3/c1-2-16(14(17)18)9-3-4-10-19(16)15(21)22-11-12-5-7-13(20)8-6-12/h5-8,20H,2-4,9-11H2,1H3,(H3,17,18). The first-order chi connectivity index (χ1) is 10.5. The minimum Gasteiger partial charge on any atom is -0.508 e. The fourth-order valence-electron chi connectivity index (χ4n) is 2.96. The van der Waals surface area contributed by atoms with E-state index in [0.717, 1.165) is 18.4 Å². The summed E-state index contributed by atoms with van der Waals surface area (Å²) in [5.41, 5.74) is 5.85. The van der Waals surface area contributed by atoms with Gasteiger partial charge in [0.2, 0.25) is 0 Å². The molecule has 120 valence electrons. The highest BCUT2D eigenvalue weighted by molar-refractivity contribution is 5.91. The van der Waals surface area contributed by atoms with Crippen LogP contribution >= 0.6 is 0 Å². The Bertz CT molecular complexity index is 544. The van der Waals surface area contributed by atoms with E-state index in [4.69, 9.17) is 15.9 Å². The summed E-state index contributed by atoms with van der Waals surface area (Å²) >= 11 is 0. The molecule has 4 N–H and O–H groups in total. The quantitative estimate of drug-likeness (QED) is 0.588. The molecule has 1 aromatic rings. The number of amides is 1. The number of piperidine rings is 1. The van der Waals surface area contributed by atoms with Crippen LogP contribution in [-0.4, -0.2) is 34.0 Å². The molecule has 1 aromatic carbocycles. The van der Waals surface area contributed by atoms with Crippen LogP contribution in [0.3, 0.4) is 0 Å². The zero-order chi connectivity index (χ0) is 16.2. The Morgan fingerprint density at radius 2 is 2.09 bits per heavy atom. The number of hydrogen-bond acceptors (Lipinski definition) is 4. The molecular formula is C16H23N3O3. The van der Waals surface area contributed by atoms with Crippen LogP contribution in [0, 0.1) is 5.41 Å². The molecule has 1 aliphatic rings. The van der Waals surface area contributed by atoms with E-state index in [1.165, 1.54) is 0 Å². The molecule has 1 atom stereocenters. The predicted octanol–water partition coefficient (Wildman–Crippen LogP) is 2.60. The number of carbonyl (C=O) groups excluding carboxylic acids is 1. The maximum absolute atomic E-state index is 12.4. The molecule has 22 heavy (non-hydrogen) atoms. The summed E-state index contributed by atoms with van der Waals surface area (Å²) in [4.78, 5) is 14.0. The summed E-state index contributed by atoms with van der Waals surface area (Å²) in [6.45, 7) is 2.63. The second-order valence-electron chi connectivity index (χ2n) is 5.63. The van der Waals surface area contributed by atoms with Crippen molar-refractivity contribution >= 4 is 11.9 Å². The Hall–Kier alpha value is -2.24. The van der Waals surface area contributed by atoms with Crippen LogP contribution < -0.4 is 5.73 Å². The number of ether oxygens (including phenoxy) is 1. The van der Waals surface area contributed by atoms with Crippen molar-refractivity contribution in [2.45, 2.75) is 44.8 Å². The Balaban J connectivity index is 2.06. The van der Waals surface area contributed by atoms with E-state index >= 15 is 0 Å². The molecule has 2 rings (SSSR count). The monoisotopic (exact) mass is 305 g/mol. The number of phenols is 1. The molecule has 1 heterocycles. The van der Waals surface area contributed by atoms with Gasteiger partial charge in [-0.2, -0.15) is 0 Å². The first-order valence-electron chi connectivity index (χ1n) is 7.56. The van der Waals surface area contributed by atoms with Crippen LogP contribution in [0.5, 0.6) is 5.75 Å². The summed E-state index contributed by atoms with van der Waals surface area (Å²) in [7, 11) is 0. The lowest BCUT2D eigenvalue weighted by atomic mass is 9.83. The second kappa shape index (κ2) is 6.68. The van der Waals surface area contributed by atoms with Gasteiger partial charge in [-0.05, 0) is 43.4 Å². The molecule has 0 radical (unpaired) electrons. The first-order valence-corrected chi connectivity index (χ1v) is 7.56. The van der Waals surface area contributed by atoms with Gasteiger partial charge in [0, 0.05) is 6.54 Å². The molecule has 1 amide bonds. The van der Waals surface area contributed by atoms with Crippen molar-refractivity contribution in [2.75, 3.05) is 6.54 Å². The number of carbonyl (C=O) groups is 1. The number of likely N-dealkylation sites (tertiary alicyclic amines) is 1. The van der Waals surface area contributed by atoms with E-state index in [2.05, 4.69) is 0 Å². The van der Waals surface area contributed by atoms with Gasteiger partial charge in [-0.25, -0.2) is 4.79 Å². The molecule has 1 saturated heterocycles. The van der Waals surface area contributed by atoms with Gasteiger partial charge in [-0.15, -0.1) is 0 Å². The summed E-state index contributed by atoms with van der Waals surface area (Å²) in [6.07, 6.45) is 2.72. The molecule has 1 fully saturated rings. The van der Waals surface area contributed by atoms with Gasteiger partial charge in [-0.1, -0.05) is 19.1 Å². The highest BCUT2D eigenvalue weighted by atomic mass is 16.6. The van der Waals surface area contributed by atoms with Crippen LogP contribution in [-0.2, 0) is 11.3 Å².